The van der Waals surface area contributed by atoms with E-state index in [2.05, 4.69) is 48.7 Å². The number of methoxy groups -OCH3 is 1. The Labute approximate surface area is 281 Å². The number of anilines is 1. The molecule has 0 radical (unpaired) electrons. The number of benzene rings is 2. The number of pyridine rings is 1. The second-order valence-corrected chi connectivity index (χ2v) is 12.2. The standard InChI is InChI=1S/C36H34F2N8O3/c1-49-36(35(48)42-27-7-8-29-28(20-27)32(44-43-29)26-9-15-39-30(19-26)33(37)38)12-18-45(22-36)21-31(47)46-16-10-24(11-17-46)23-3-5-25(6-4-23)34-40-13-2-14-41-34/h2-10,13-15,19-20,33H,11-12,16-18,21-22H2,1H3,(H,42,48)(H,43,44)/t36-/m0/s1. The third-order valence-corrected chi connectivity index (χ3v) is 9.21. The number of aromatic nitrogens is 5. The van der Waals surface area contributed by atoms with Crippen LogP contribution in [0, 0.1) is 0 Å². The highest BCUT2D eigenvalue weighted by molar-refractivity contribution is 6.01. The highest BCUT2D eigenvalue weighted by atomic mass is 19.3. The van der Waals surface area contributed by atoms with Gasteiger partial charge in [0.15, 0.2) is 11.4 Å². The number of rotatable bonds is 9. The number of nitrogens with zero attached hydrogens (tertiary/aromatic N) is 6. The zero-order chi connectivity index (χ0) is 34.0. The number of hydrogen-bond donors (Lipinski definition) is 2. The van der Waals surface area contributed by atoms with Crippen LogP contribution in [0.1, 0.15) is 30.5 Å². The molecule has 1 saturated heterocycles. The van der Waals surface area contributed by atoms with Gasteiger partial charge in [-0.2, -0.15) is 5.10 Å². The Balaban J connectivity index is 0.967. The van der Waals surface area contributed by atoms with Gasteiger partial charge >= 0.3 is 0 Å². The number of hydrogen-bond acceptors (Lipinski definition) is 8. The number of halogens is 2. The highest BCUT2D eigenvalue weighted by Gasteiger charge is 2.45. The molecule has 7 rings (SSSR count). The smallest absolute Gasteiger partial charge is 0.280 e. The average Bonchev–Trinajstić information content (AvgIpc) is 3.77. The van der Waals surface area contributed by atoms with Crippen LogP contribution < -0.4 is 5.32 Å². The van der Waals surface area contributed by atoms with E-state index in [1.165, 1.54) is 24.9 Å². The molecule has 0 unspecified atom stereocenters. The zero-order valence-electron chi connectivity index (χ0n) is 26.8. The van der Waals surface area contributed by atoms with Crippen molar-refractivity contribution in [3.63, 3.8) is 0 Å². The van der Waals surface area contributed by atoms with E-state index >= 15 is 0 Å². The third-order valence-electron chi connectivity index (χ3n) is 9.21. The molecule has 2 N–H and O–H groups in total. The molecule has 49 heavy (non-hydrogen) atoms. The Kier molecular flexibility index (Phi) is 8.93. The van der Waals surface area contributed by atoms with Gasteiger partial charge in [-0.25, -0.2) is 18.7 Å². The number of fused-ring (bicyclic) bond motifs is 1. The van der Waals surface area contributed by atoms with Crippen LogP contribution in [0.5, 0.6) is 0 Å². The van der Waals surface area contributed by atoms with Crippen LogP contribution in [0.3, 0.4) is 0 Å². The zero-order valence-corrected chi connectivity index (χ0v) is 26.8. The second kappa shape index (κ2) is 13.6. The first-order chi connectivity index (χ1) is 23.8. The molecule has 1 atom stereocenters. The summed E-state index contributed by atoms with van der Waals surface area (Å²) in [6.45, 7) is 2.10. The Morgan fingerprint density at radius 3 is 2.51 bits per heavy atom. The van der Waals surface area contributed by atoms with Gasteiger partial charge in [-0.05, 0) is 60.4 Å². The fourth-order valence-corrected chi connectivity index (χ4v) is 6.44. The molecule has 0 saturated carbocycles. The summed E-state index contributed by atoms with van der Waals surface area (Å²) in [5, 5.41) is 10.9. The van der Waals surface area contributed by atoms with Crippen molar-refractivity contribution in [1.29, 1.82) is 0 Å². The average molecular weight is 665 g/mol. The summed E-state index contributed by atoms with van der Waals surface area (Å²) in [5.41, 5.74) is 3.93. The van der Waals surface area contributed by atoms with Gasteiger partial charge in [0.1, 0.15) is 11.4 Å². The van der Waals surface area contributed by atoms with Crippen LogP contribution in [0.15, 0.2) is 85.3 Å². The maximum Gasteiger partial charge on any atom is 0.280 e. The lowest BCUT2D eigenvalue weighted by atomic mass is 9.98. The van der Waals surface area contributed by atoms with Crippen molar-refractivity contribution in [2.45, 2.75) is 24.9 Å². The number of likely N-dealkylation sites (tertiary alicyclic amines) is 1. The molecule has 5 heterocycles. The van der Waals surface area contributed by atoms with Crippen LogP contribution in [0.25, 0.3) is 39.1 Å². The topological polar surface area (TPSA) is 129 Å². The summed E-state index contributed by atoms with van der Waals surface area (Å²) in [7, 11) is 1.50. The molecule has 11 nitrogen and oxygen atoms in total. The molecule has 13 heteroatoms. The number of ether oxygens (including phenoxy) is 1. The molecule has 2 amide bonds. The summed E-state index contributed by atoms with van der Waals surface area (Å²) in [6, 6.07) is 18.1. The Morgan fingerprint density at radius 2 is 1.78 bits per heavy atom. The first-order valence-electron chi connectivity index (χ1n) is 16.0. The van der Waals surface area contributed by atoms with E-state index in [4.69, 9.17) is 4.74 Å². The molecule has 0 aliphatic carbocycles. The summed E-state index contributed by atoms with van der Waals surface area (Å²) in [5.74, 6) is 0.359. The van der Waals surface area contributed by atoms with Crippen LogP contribution in [-0.4, -0.2) is 92.2 Å². The van der Waals surface area contributed by atoms with Gasteiger partial charge in [0.2, 0.25) is 5.91 Å². The molecule has 0 spiro atoms. The van der Waals surface area contributed by atoms with E-state index in [9.17, 15) is 18.4 Å². The van der Waals surface area contributed by atoms with Crippen molar-refractivity contribution in [2.24, 2.45) is 0 Å². The lowest BCUT2D eigenvalue weighted by Gasteiger charge is -2.30. The minimum Gasteiger partial charge on any atom is -0.367 e. The normalized spacial score (nSPS) is 18.2. The monoisotopic (exact) mass is 664 g/mol. The predicted molar refractivity (Wildman–Crippen MR) is 180 cm³/mol. The van der Waals surface area contributed by atoms with E-state index in [1.54, 1.807) is 42.7 Å². The number of amides is 2. The molecule has 0 bridgehead atoms. The number of carbonyl (C=O) groups excluding carboxylic acids is 2. The van der Waals surface area contributed by atoms with Crippen LogP contribution in [0.2, 0.25) is 0 Å². The van der Waals surface area contributed by atoms with Crippen molar-refractivity contribution in [1.82, 2.24) is 34.9 Å². The Morgan fingerprint density at radius 1 is 0.980 bits per heavy atom. The van der Waals surface area contributed by atoms with Gasteiger partial charge in [0.05, 0.1) is 12.1 Å². The first-order valence-corrected chi connectivity index (χ1v) is 16.0. The largest absolute Gasteiger partial charge is 0.367 e. The molecule has 5 aromatic rings. The number of aromatic amines is 1. The minimum absolute atomic E-state index is 0.00300. The summed E-state index contributed by atoms with van der Waals surface area (Å²) >= 11 is 0. The summed E-state index contributed by atoms with van der Waals surface area (Å²) < 4.78 is 32.3. The van der Waals surface area contributed by atoms with Crippen molar-refractivity contribution < 1.29 is 23.1 Å². The van der Waals surface area contributed by atoms with Crippen molar-refractivity contribution in [3.8, 4) is 22.6 Å². The van der Waals surface area contributed by atoms with Gasteiger partial charge in [0, 0.05) is 74.1 Å². The first kappa shape index (κ1) is 32.2. The summed E-state index contributed by atoms with van der Waals surface area (Å²) in [4.78, 5) is 43.1. The SMILES string of the molecule is CO[C@@]1(C(=O)Nc2ccc3[nH]nc(-c4ccnc(C(F)F)c4)c3c2)CCN(CC(=O)N2CC=C(c3ccc(-c4ncccn4)cc3)CC2)C1. The fourth-order valence-electron chi connectivity index (χ4n) is 6.44. The van der Waals surface area contributed by atoms with Crippen molar-refractivity contribution in [3.05, 3.63) is 96.6 Å². The fraction of sp³-hybridized carbons (Fsp3) is 0.278. The number of nitrogens with one attached hydrogen (secondary N) is 2. The lowest BCUT2D eigenvalue weighted by Crippen LogP contribution is -2.48. The molecule has 2 aliphatic heterocycles. The summed E-state index contributed by atoms with van der Waals surface area (Å²) in [6.07, 6.45) is 5.32. The Bertz CT molecular complexity index is 2020. The number of carbonyl (C=O) groups is 2. The second-order valence-electron chi connectivity index (χ2n) is 12.2. The maximum absolute atomic E-state index is 13.6. The number of alkyl halides is 2. The highest BCUT2D eigenvalue weighted by Crippen LogP contribution is 2.32. The molecule has 3 aromatic heterocycles. The van der Waals surface area contributed by atoms with E-state index in [0.29, 0.717) is 59.7 Å². The molecule has 250 valence electrons. The number of H-pyrrole nitrogens is 1. The molecular weight excluding hydrogens is 630 g/mol. The van der Waals surface area contributed by atoms with Gasteiger partial charge in [-0.1, -0.05) is 30.3 Å². The van der Waals surface area contributed by atoms with E-state index in [-0.39, 0.29) is 30.6 Å². The molecular formula is C36H34F2N8O3. The van der Waals surface area contributed by atoms with Gasteiger partial charge in [0.25, 0.3) is 12.3 Å². The molecule has 2 aromatic carbocycles. The van der Waals surface area contributed by atoms with E-state index < -0.39 is 12.0 Å². The molecule has 1 fully saturated rings. The maximum atomic E-state index is 13.6. The quantitative estimate of drug-likeness (QED) is 0.215. The van der Waals surface area contributed by atoms with Gasteiger partial charge < -0.3 is 15.0 Å². The van der Waals surface area contributed by atoms with E-state index in [1.807, 2.05) is 21.9 Å². The van der Waals surface area contributed by atoms with Crippen molar-refractivity contribution >= 4 is 34.0 Å². The van der Waals surface area contributed by atoms with E-state index in [0.717, 1.165) is 17.5 Å². The van der Waals surface area contributed by atoms with Gasteiger partial charge in [-0.15, -0.1) is 0 Å². The lowest BCUT2D eigenvalue weighted by molar-refractivity contribution is -0.138. The third kappa shape index (κ3) is 6.67. The minimum atomic E-state index is -2.71. The van der Waals surface area contributed by atoms with Crippen LogP contribution in [0.4, 0.5) is 14.5 Å². The van der Waals surface area contributed by atoms with Gasteiger partial charge in [-0.3, -0.25) is 24.6 Å². The van der Waals surface area contributed by atoms with Crippen LogP contribution >= 0.6 is 0 Å². The Hall–Kier alpha value is -5.40. The predicted octanol–water partition coefficient (Wildman–Crippen LogP) is 5.36. The van der Waals surface area contributed by atoms with Crippen molar-refractivity contribution in [2.75, 3.05) is 45.2 Å². The van der Waals surface area contributed by atoms with Crippen LogP contribution in [-0.2, 0) is 14.3 Å². The molecule has 2 aliphatic rings.